The van der Waals surface area contributed by atoms with E-state index >= 15 is 0 Å². The molecular formula is C14H20FN. The van der Waals surface area contributed by atoms with Crippen LogP contribution in [0.3, 0.4) is 0 Å². The van der Waals surface area contributed by atoms with Crippen LogP contribution in [0.5, 0.6) is 0 Å². The molecule has 1 aromatic rings. The summed E-state index contributed by atoms with van der Waals surface area (Å²) < 4.78 is 13.1. The normalized spacial score (nSPS) is 17.4. The van der Waals surface area contributed by atoms with Gasteiger partial charge in [-0.2, -0.15) is 0 Å². The summed E-state index contributed by atoms with van der Waals surface area (Å²) in [7, 11) is 0. The van der Waals surface area contributed by atoms with E-state index in [0.717, 1.165) is 18.7 Å². The van der Waals surface area contributed by atoms with Crippen molar-refractivity contribution in [3.63, 3.8) is 0 Å². The molecule has 1 N–H and O–H groups in total. The molecule has 1 nitrogen and oxygen atoms in total. The van der Waals surface area contributed by atoms with Gasteiger partial charge in [0.1, 0.15) is 5.82 Å². The number of hydrogen-bond acceptors (Lipinski definition) is 1. The third kappa shape index (κ3) is 2.62. The molecule has 0 amide bonds. The Morgan fingerprint density at radius 1 is 1.38 bits per heavy atom. The monoisotopic (exact) mass is 221 g/mol. The van der Waals surface area contributed by atoms with Gasteiger partial charge >= 0.3 is 0 Å². The van der Waals surface area contributed by atoms with E-state index in [-0.39, 0.29) is 5.82 Å². The Balaban J connectivity index is 1.83. The van der Waals surface area contributed by atoms with E-state index in [1.165, 1.54) is 24.8 Å². The van der Waals surface area contributed by atoms with E-state index in [9.17, 15) is 4.39 Å². The summed E-state index contributed by atoms with van der Waals surface area (Å²) in [5.41, 5.74) is 2.48. The minimum atomic E-state index is -0.115. The van der Waals surface area contributed by atoms with Gasteiger partial charge in [-0.15, -0.1) is 0 Å². The second-order valence-corrected chi connectivity index (χ2v) is 5.04. The van der Waals surface area contributed by atoms with Crippen molar-refractivity contribution >= 4 is 0 Å². The van der Waals surface area contributed by atoms with Crippen molar-refractivity contribution in [2.75, 3.05) is 6.54 Å². The number of aryl methyl sites for hydroxylation is 1. The fourth-order valence-corrected chi connectivity index (χ4v) is 2.12. The van der Waals surface area contributed by atoms with Crippen LogP contribution in [0, 0.1) is 18.2 Å². The maximum Gasteiger partial charge on any atom is 0.126 e. The second-order valence-electron chi connectivity index (χ2n) is 5.04. The summed E-state index contributed by atoms with van der Waals surface area (Å²) >= 11 is 0. The number of benzene rings is 1. The van der Waals surface area contributed by atoms with Crippen molar-refractivity contribution in [2.24, 2.45) is 5.41 Å². The largest absolute Gasteiger partial charge is 0.312 e. The first kappa shape index (κ1) is 11.6. The molecule has 0 unspecified atom stereocenters. The molecule has 0 radical (unpaired) electrons. The van der Waals surface area contributed by atoms with Gasteiger partial charge < -0.3 is 5.32 Å². The Labute approximate surface area is 97.1 Å². The predicted octanol–water partition coefficient (Wildman–Crippen LogP) is 3.41. The first-order chi connectivity index (χ1) is 7.65. The van der Waals surface area contributed by atoms with Crippen LogP contribution in [0.25, 0.3) is 0 Å². The fourth-order valence-electron chi connectivity index (χ4n) is 2.12. The van der Waals surface area contributed by atoms with Crippen molar-refractivity contribution in [3.05, 3.63) is 35.1 Å². The number of rotatable bonds is 5. The Bertz CT molecular complexity index is 369. The average Bonchev–Trinajstić information content (AvgIpc) is 3.04. The van der Waals surface area contributed by atoms with Crippen LogP contribution < -0.4 is 5.32 Å². The SMILES string of the molecule is CCC1(CNCc2ccc(F)c(C)c2)CC1. The summed E-state index contributed by atoms with van der Waals surface area (Å²) in [4.78, 5) is 0. The van der Waals surface area contributed by atoms with Crippen LogP contribution in [-0.4, -0.2) is 6.54 Å². The van der Waals surface area contributed by atoms with Gasteiger partial charge in [0.2, 0.25) is 0 Å². The van der Waals surface area contributed by atoms with E-state index in [2.05, 4.69) is 12.2 Å². The summed E-state index contributed by atoms with van der Waals surface area (Å²) in [5.74, 6) is -0.115. The zero-order chi connectivity index (χ0) is 11.6. The van der Waals surface area contributed by atoms with E-state index in [1.54, 1.807) is 6.07 Å². The lowest BCUT2D eigenvalue weighted by Crippen LogP contribution is -2.23. The minimum Gasteiger partial charge on any atom is -0.312 e. The molecule has 1 fully saturated rings. The average molecular weight is 221 g/mol. The van der Waals surface area contributed by atoms with Crippen molar-refractivity contribution in [1.82, 2.24) is 5.32 Å². The Kier molecular flexibility index (Phi) is 3.29. The highest BCUT2D eigenvalue weighted by atomic mass is 19.1. The number of halogens is 1. The van der Waals surface area contributed by atoms with Crippen LogP contribution in [-0.2, 0) is 6.54 Å². The van der Waals surface area contributed by atoms with E-state index < -0.39 is 0 Å². The molecule has 0 spiro atoms. The molecule has 2 heteroatoms. The van der Waals surface area contributed by atoms with Crippen molar-refractivity contribution in [1.29, 1.82) is 0 Å². The van der Waals surface area contributed by atoms with Gasteiger partial charge in [-0.25, -0.2) is 4.39 Å². The van der Waals surface area contributed by atoms with Crippen molar-refractivity contribution in [3.8, 4) is 0 Å². The zero-order valence-corrected chi connectivity index (χ0v) is 10.1. The first-order valence-electron chi connectivity index (χ1n) is 6.11. The van der Waals surface area contributed by atoms with Gasteiger partial charge in [0.25, 0.3) is 0 Å². The van der Waals surface area contributed by atoms with Crippen LogP contribution >= 0.6 is 0 Å². The molecule has 1 aliphatic rings. The number of nitrogens with one attached hydrogen (secondary N) is 1. The lowest BCUT2D eigenvalue weighted by Gasteiger charge is -2.13. The van der Waals surface area contributed by atoms with Crippen LogP contribution in [0.1, 0.15) is 37.3 Å². The van der Waals surface area contributed by atoms with E-state index in [1.807, 2.05) is 19.1 Å². The van der Waals surface area contributed by atoms with Gasteiger partial charge in [0, 0.05) is 13.1 Å². The molecule has 0 bridgehead atoms. The molecular weight excluding hydrogens is 201 g/mol. The quantitative estimate of drug-likeness (QED) is 0.803. The number of hydrogen-bond donors (Lipinski definition) is 1. The maximum atomic E-state index is 13.1. The zero-order valence-electron chi connectivity index (χ0n) is 10.1. The lowest BCUT2D eigenvalue weighted by molar-refractivity contribution is 0.443. The molecule has 1 aliphatic carbocycles. The summed E-state index contributed by atoms with van der Waals surface area (Å²) in [6, 6.07) is 5.34. The maximum absolute atomic E-state index is 13.1. The fraction of sp³-hybridized carbons (Fsp3) is 0.571. The van der Waals surface area contributed by atoms with Gasteiger partial charge in [-0.1, -0.05) is 19.1 Å². The van der Waals surface area contributed by atoms with Crippen molar-refractivity contribution < 1.29 is 4.39 Å². The molecule has 0 aromatic heterocycles. The molecule has 16 heavy (non-hydrogen) atoms. The van der Waals surface area contributed by atoms with E-state index in [4.69, 9.17) is 0 Å². The predicted molar refractivity (Wildman–Crippen MR) is 64.8 cm³/mol. The first-order valence-corrected chi connectivity index (χ1v) is 6.11. The highest BCUT2D eigenvalue weighted by molar-refractivity contribution is 5.23. The highest BCUT2D eigenvalue weighted by Crippen LogP contribution is 2.47. The molecule has 1 saturated carbocycles. The van der Waals surface area contributed by atoms with Gasteiger partial charge in [0.05, 0.1) is 0 Å². The van der Waals surface area contributed by atoms with E-state index in [0.29, 0.717) is 5.41 Å². The standard InChI is InChI=1S/C14H20FN/c1-3-14(6-7-14)10-16-9-12-4-5-13(15)11(2)8-12/h4-5,8,16H,3,6-7,9-10H2,1-2H3. The summed E-state index contributed by atoms with van der Waals surface area (Å²) in [5, 5.41) is 3.48. The second kappa shape index (κ2) is 4.54. The summed E-state index contributed by atoms with van der Waals surface area (Å²) in [6.45, 7) is 6.02. The topological polar surface area (TPSA) is 12.0 Å². The third-order valence-electron chi connectivity index (χ3n) is 3.76. The smallest absolute Gasteiger partial charge is 0.126 e. The van der Waals surface area contributed by atoms with Gasteiger partial charge in [-0.3, -0.25) is 0 Å². The molecule has 0 atom stereocenters. The Hall–Kier alpha value is -0.890. The summed E-state index contributed by atoms with van der Waals surface area (Å²) in [6.07, 6.45) is 3.99. The van der Waals surface area contributed by atoms with Crippen molar-refractivity contribution in [2.45, 2.75) is 39.7 Å². The van der Waals surface area contributed by atoms with Crippen LogP contribution in [0.15, 0.2) is 18.2 Å². The van der Waals surface area contributed by atoms with Crippen LogP contribution in [0.4, 0.5) is 4.39 Å². The van der Waals surface area contributed by atoms with Crippen LogP contribution in [0.2, 0.25) is 0 Å². The molecule has 2 rings (SSSR count). The molecule has 0 aliphatic heterocycles. The third-order valence-corrected chi connectivity index (χ3v) is 3.76. The minimum absolute atomic E-state index is 0.115. The Morgan fingerprint density at radius 3 is 2.69 bits per heavy atom. The molecule has 0 saturated heterocycles. The molecule has 0 heterocycles. The van der Waals surface area contributed by atoms with Gasteiger partial charge in [-0.05, 0) is 48.8 Å². The molecule has 1 aromatic carbocycles. The molecule has 88 valence electrons. The lowest BCUT2D eigenvalue weighted by atomic mass is 10.0. The Morgan fingerprint density at radius 2 is 2.12 bits per heavy atom. The van der Waals surface area contributed by atoms with Gasteiger partial charge in [0.15, 0.2) is 0 Å². The highest BCUT2D eigenvalue weighted by Gasteiger charge is 2.39.